The molecule has 180 valence electrons. The fourth-order valence-corrected chi connectivity index (χ4v) is 4.45. The normalized spacial score (nSPS) is 12.8. The maximum atomic E-state index is 13.1. The molecule has 0 spiro atoms. The summed E-state index contributed by atoms with van der Waals surface area (Å²) in [6.45, 7) is 24.1. The lowest BCUT2D eigenvalue weighted by Crippen LogP contribution is -2.23. The van der Waals surface area contributed by atoms with Gasteiger partial charge in [0.2, 0.25) is 0 Å². The standard InChI is InChI=1S/C31H44O2/c1-20(2)16-23-17-21(12-14-24(23)29(3,4)5)27(32)19-28(33)22-13-15-25(30(6,7)8)26(18-22)31(9,10)11/h12-15,17-18,20H,16,19H2,1-11H3. The van der Waals surface area contributed by atoms with Gasteiger partial charge in [-0.1, -0.05) is 100 Å². The van der Waals surface area contributed by atoms with Gasteiger partial charge in [0.05, 0.1) is 6.42 Å². The largest absolute Gasteiger partial charge is 0.294 e. The van der Waals surface area contributed by atoms with Gasteiger partial charge in [-0.05, 0) is 63.0 Å². The molecule has 0 saturated heterocycles. The summed E-state index contributed by atoms with van der Waals surface area (Å²) in [5.41, 5.74) is 6.06. The molecule has 2 aromatic rings. The van der Waals surface area contributed by atoms with Crippen LogP contribution in [0.4, 0.5) is 0 Å². The molecule has 2 nitrogen and oxygen atoms in total. The van der Waals surface area contributed by atoms with Crippen LogP contribution in [-0.2, 0) is 22.7 Å². The highest BCUT2D eigenvalue weighted by Crippen LogP contribution is 2.35. The molecule has 2 heteroatoms. The second-order valence-electron chi connectivity index (χ2n) is 13.0. The third-order valence-corrected chi connectivity index (χ3v) is 6.14. The predicted molar refractivity (Wildman–Crippen MR) is 141 cm³/mol. The highest BCUT2D eigenvalue weighted by atomic mass is 16.1. The van der Waals surface area contributed by atoms with Crippen LogP contribution in [0.3, 0.4) is 0 Å². The summed E-state index contributed by atoms with van der Waals surface area (Å²) in [6, 6.07) is 11.9. The third kappa shape index (κ3) is 6.88. The number of Topliss-reactive ketones (excluding diaryl/α,β-unsaturated/α-hetero) is 2. The molecule has 2 aromatic carbocycles. The van der Waals surface area contributed by atoms with Crippen molar-refractivity contribution in [2.75, 3.05) is 0 Å². The van der Waals surface area contributed by atoms with Crippen molar-refractivity contribution in [3.05, 3.63) is 69.8 Å². The summed E-state index contributed by atoms with van der Waals surface area (Å²) in [6.07, 6.45) is 0.819. The fraction of sp³-hybridized carbons (Fsp3) is 0.548. The van der Waals surface area contributed by atoms with Crippen LogP contribution in [0.5, 0.6) is 0 Å². The minimum absolute atomic E-state index is 0.0123. The van der Waals surface area contributed by atoms with Gasteiger partial charge in [0, 0.05) is 11.1 Å². The molecule has 0 unspecified atom stereocenters. The minimum Gasteiger partial charge on any atom is -0.294 e. The molecule has 0 fully saturated rings. The van der Waals surface area contributed by atoms with E-state index in [1.807, 2.05) is 24.3 Å². The molecule has 0 aliphatic carbocycles. The summed E-state index contributed by atoms with van der Waals surface area (Å²) in [7, 11) is 0. The molecular weight excluding hydrogens is 404 g/mol. The van der Waals surface area contributed by atoms with Crippen molar-refractivity contribution in [2.45, 2.75) is 105 Å². The summed E-state index contributed by atoms with van der Waals surface area (Å²) in [4.78, 5) is 26.3. The molecule has 0 heterocycles. The molecule has 0 atom stereocenters. The van der Waals surface area contributed by atoms with Crippen LogP contribution in [0.1, 0.15) is 126 Å². The van der Waals surface area contributed by atoms with Crippen molar-refractivity contribution in [1.29, 1.82) is 0 Å². The van der Waals surface area contributed by atoms with E-state index in [9.17, 15) is 9.59 Å². The molecule has 33 heavy (non-hydrogen) atoms. The molecule has 0 bridgehead atoms. The van der Waals surface area contributed by atoms with E-state index >= 15 is 0 Å². The highest BCUT2D eigenvalue weighted by molar-refractivity contribution is 6.13. The summed E-state index contributed by atoms with van der Waals surface area (Å²) < 4.78 is 0. The van der Waals surface area contributed by atoms with Crippen LogP contribution in [0.15, 0.2) is 36.4 Å². The first-order valence-corrected chi connectivity index (χ1v) is 12.3. The highest BCUT2D eigenvalue weighted by Gasteiger charge is 2.27. The van der Waals surface area contributed by atoms with E-state index in [1.165, 1.54) is 22.3 Å². The third-order valence-electron chi connectivity index (χ3n) is 6.14. The molecular formula is C31H44O2. The Bertz CT molecular complexity index is 1020. The Morgan fingerprint density at radius 2 is 1.06 bits per heavy atom. The SMILES string of the molecule is CC(C)Cc1cc(C(=O)CC(=O)c2ccc(C(C)(C)C)c(C(C)(C)C)c2)ccc1C(C)(C)C. The van der Waals surface area contributed by atoms with Gasteiger partial charge in [-0.25, -0.2) is 0 Å². The van der Waals surface area contributed by atoms with Crippen LogP contribution in [0.25, 0.3) is 0 Å². The molecule has 2 rings (SSSR count). The first kappa shape index (κ1) is 27.0. The van der Waals surface area contributed by atoms with E-state index in [0.717, 1.165) is 6.42 Å². The number of hydrogen-bond donors (Lipinski definition) is 0. The van der Waals surface area contributed by atoms with Gasteiger partial charge >= 0.3 is 0 Å². The van der Waals surface area contributed by atoms with E-state index in [2.05, 4.69) is 88.3 Å². The average molecular weight is 449 g/mol. The zero-order chi connectivity index (χ0) is 25.4. The molecule has 0 amide bonds. The van der Waals surface area contributed by atoms with Crippen LogP contribution >= 0.6 is 0 Å². The van der Waals surface area contributed by atoms with Gasteiger partial charge in [0.15, 0.2) is 11.6 Å². The second-order valence-corrected chi connectivity index (χ2v) is 13.0. The molecule has 0 aliphatic rings. The fourth-order valence-electron chi connectivity index (χ4n) is 4.45. The zero-order valence-corrected chi connectivity index (χ0v) is 22.8. The topological polar surface area (TPSA) is 34.1 Å². The summed E-state index contributed by atoms with van der Waals surface area (Å²) >= 11 is 0. The van der Waals surface area contributed by atoms with Gasteiger partial charge < -0.3 is 0 Å². The smallest absolute Gasteiger partial charge is 0.170 e. The first-order chi connectivity index (χ1) is 14.9. The van der Waals surface area contributed by atoms with Crippen LogP contribution < -0.4 is 0 Å². The van der Waals surface area contributed by atoms with Gasteiger partial charge in [-0.3, -0.25) is 9.59 Å². The van der Waals surface area contributed by atoms with Gasteiger partial charge in [-0.15, -0.1) is 0 Å². The van der Waals surface area contributed by atoms with Crippen molar-refractivity contribution in [1.82, 2.24) is 0 Å². The van der Waals surface area contributed by atoms with Gasteiger partial charge in [0.1, 0.15) is 0 Å². The van der Waals surface area contributed by atoms with E-state index in [4.69, 9.17) is 0 Å². The number of carbonyl (C=O) groups is 2. The maximum Gasteiger partial charge on any atom is 0.170 e. The van der Waals surface area contributed by atoms with Crippen molar-refractivity contribution < 1.29 is 9.59 Å². The monoisotopic (exact) mass is 448 g/mol. The van der Waals surface area contributed by atoms with Crippen LogP contribution in [0, 0.1) is 5.92 Å². The van der Waals surface area contributed by atoms with Gasteiger partial charge in [0.25, 0.3) is 0 Å². The Morgan fingerprint density at radius 3 is 1.48 bits per heavy atom. The van der Waals surface area contributed by atoms with Crippen molar-refractivity contribution in [2.24, 2.45) is 5.92 Å². The predicted octanol–water partition coefficient (Wildman–Crippen LogP) is 8.23. The summed E-state index contributed by atoms with van der Waals surface area (Å²) in [5, 5.41) is 0. The van der Waals surface area contributed by atoms with Gasteiger partial charge in [-0.2, -0.15) is 0 Å². The number of hydrogen-bond acceptors (Lipinski definition) is 2. The Balaban J connectivity index is 2.37. The van der Waals surface area contributed by atoms with E-state index in [0.29, 0.717) is 17.0 Å². The first-order valence-electron chi connectivity index (χ1n) is 12.3. The molecule has 0 radical (unpaired) electrons. The number of ketones is 2. The number of rotatable bonds is 6. The molecule has 0 aliphatic heterocycles. The zero-order valence-electron chi connectivity index (χ0n) is 22.8. The van der Waals surface area contributed by atoms with Crippen LogP contribution in [-0.4, -0.2) is 11.6 Å². The van der Waals surface area contributed by atoms with Crippen molar-refractivity contribution in [3.8, 4) is 0 Å². The van der Waals surface area contributed by atoms with Crippen molar-refractivity contribution >= 4 is 11.6 Å². The maximum absolute atomic E-state index is 13.1. The Hall–Kier alpha value is -2.22. The van der Waals surface area contributed by atoms with Crippen LogP contribution in [0.2, 0.25) is 0 Å². The second kappa shape index (κ2) is 9.57. The Labute approximate surface area is 202 Å². The molecule has 0 aromatic heterocycles. The minimum atomic E-state index is -0.115. The lowest BCUT2D eigenvalue weighted by Gasteiger charge is -2.30. The number of carbonyl (C=O) groups excluding carboxylic acids is 2. The molecule has 0 saturated carbocycles. The van der Waals surface area contributed by atoms with E-state index in [1.54, 1.807) is 0 Å². The van der Waals surface area contributed by atoms with E-state index < -0.39 is 0 Å². The lowest BCUT2D eigenvalue weighted by atomic mass is 9.74. The average Bonchev–Trinajstić information content (AvgIpc) is 2.64. The van der Waals surface area contributed by atoms with E-state index in [-0.39, 0.29) is 34.2 Å². The quantitative estimate of drug-likeness (QED) is 0.329. The summed E-state index contributed by atoms with van der Waals surface area (Å²) in [5.74, 6) is 0.272. The van der Waals surface area contributed by atoms with Crippen molar-refractivity contribution in [3.63, 3.8) is 0 Å². The Morgan fingerprint density at radius 1 is 0.636 bits per heavy atom. The molecule has 0 N–H and O–H groups in total. The Kier molecular flexibility index (Phi) is 7.83. The number of benzene rings is 2. The lowest BCUT2D eigenvalue weighted by molar-refractivity contribution is 0.0894.